The fourth-order valence-electron chi connectivity index (χ4n) is 2.24. The van der Waals surface area contributed by atoms with E-state index in [1.54, 1.807) is 27.5 Å². The third kappa shape index (κ3) is 3.37. The van der Waals surface area contributed by atoms with Gasteiger partial charge in [-0.2, -0.15) is 13.2 Å². The van der Waals surface area contributed by atoms with Gasteiger partial charge in [0.1, 0.15) is 5.82 Å². The average molecular weight is 431 g/mol. The van der Waals surface area contributed by atoms with Gasteiger partial charge in [0.15, 0.2) is 0 Å². The molecule has 0 unspecified atom stereocenters. The largest absolute Gasteiger partial charge is 0.465 e. The number of halogens is 4. The number of rotatable bonds is 2. The Balaban J connectivity index is 2.29. The van der Waals surface area contributed by atoms with Crippen molar-refractivity contribution in [3.05, 3.63) is 20.9 Å². The SMILES string of the molecule is O=C(O)N1CCN(c2ncc(C(F)(F)F)c(I)c2CO)CC1. The number of amides is 1. The lowest BCUT2D eigenvalue weighted by Crippen LogP contribution is -2.49. The van der Waals surface area contributed by atoms with Crippen LogP contribution in [0, 0.1) is 3.57 Å². The fraction of sp³-hybridized carbons (Fsp3) is 0.500. The number of nitrogens with zero attached hydrogens (tertiary/aromatic N) is 3. The van der Waals surface area contributed by atoms with Crippen LogP contribution >= 0.6 is 22.6 Å². The Labute approximate surface area is 137 Å². The molecule has 6 nitrogen and oxygen atoms in total. The van der Waals surface area contributed by atoms with Gasteiger partial charge in [-0.05, 0) is 22.6 Å². The summed E-state index contributed by atoms with van der Waals surface area (Å²) in [5.41, 5.74) is -0.774. The molecule has 1 amide bonds. The number of carbonyl (C=O) groups is 1. The highest BCUT2D eigenvalue weighted by Gasteiger charge is 2.36. The van der Waals surface area contributed by atoms with Crippen molar-refractivity contribution in [3.63, 3.8) is 0 Å². The van der Waals surface area contributed by atoms with Crippen molar-refractivity contribution in [2.24, 2.45) is 0 Å². The average Bonchev–Trinajstić information content (AvgIpc) is 2.45. The highest BCUT2D eigenvalue weighted by atomic mass is 127. The van der Waals surface area contributed by atoms with Crippen LogP contribution in [0.15, 0.2) is 6.20 Å². The highest BCUT2D eigenvalue weighted by Crippen LogP contribution is 2.36. The number of hydrogen-bond acceptors (Lipinski definition) is 4. The van der Waals surface area contributed by atoms with Crippen LogP contribution in [-0.2, 0) is 12.8 Å². The molecule has 1 aliphatic rings. The molecular formula is C12H13F3IN3O3. The Morgan fingerprint density at radius 2 is 1.91 bits per heavy atom. The summed E-state index contributed by atoms with van der Waals surface area (Å²) in [6.45, 7) is 0.532. The van der Waals surface area contributed by atoms with E-state index < -0.39 is 24.4 Å². The van der Waals surface area contributed by atoms with E-state index in [9.17, 15) is 23.1 Å². The molecule has 1 saturated heterocycles. The monoisotopic (exact) mass is 431 g/mol. The minimum atomic E-state index is -4.53. The van der Waals surface area contributed by atoms with Gasteiger partial charge >= 0.3 is 12.3 Å². The molecule has 122 valence electrons. The second kappa shape index (κ2) is 6.44. The van der Waals surface area contributed by atoms with Crippen LogP contribution in [0.3, 0.4) is 0 Å². The van der Waals surface area contributed by atoms with E-state index in [1.807, 2.05) is 0 Å². The molecule has 0 bridgehead atoms. The van der Waals surface area contributed by atoms with Crippen LogP contribution in [0.1, 0.15) is 11.1 Å². The minimum Gasteiger partial charge on any atom is -0.465 e. The Bertz CT molecular complexity index is 575. The van der Waals surface area contributed by atoms with Gasteiger partial charge in [-0.15, -0.1) is 0 Å². The normalized spacial score (nSPS) is 16.0. The Morgan fingerprint density at radius 1 is 1.32 bits per heavy atom. The predicted octanol–water partition coefficient (Wildman–Crippen LogP) is 2.00. The third-order valence-electron chi connectivity index (χ3n) is 3.40. The summed E-state index contributed by atoms with van der Waals surface area (Å²) in [6.07, 6.45) is -4.81. The number of anilines is 1. The summed E-state index contributed by atoms with van der Waals surface area (Å²) >= 11 is 1.55. The smallest absolute Gasteiger partial charge is 0.418 e. The topological polar surface area (TPSA) is 76.9 Å². The first-order valence-corrected chi connectivity index (χ1v) is 7.41. The zero-order valence-electron chi connectivity index (χ0n) is 11.3. The Morgan fingerprint density at radius 3 is 2.36 bits per heavy atom. The molecule has 10 heteroatoms. The first kappa shape index (κ1) is 17.1. The third-order valence-corrected chi connectivity index (χ3v) is 4.63. The van der Waals surface area contributed by atoms with Crippen molar-refractivity contribution in [1.29, 1.82) is 0 Å². The van der Waals surface area contributed by atoms with Gasteiger partial charge in [-0.25, -0.2) is 9.78 Å². The van der Waals surface area contributed by atoms with Crippen molar-refractivity contribution in [3.8, 4) is 0 Å². The molecule has 2 rings (SSSR count). The number of carboxylic acid groups (broad SMARTS) is 1. The van der Waals surface area contributed by atoms with Gasteiger partial charge in [0.25, 0.3) is 0 Å². The molecule has 1 aliphatic heterocycles. The first-order valence-electron chi connectivity index (χ1n) is 6.34. The molecule has 0 radical (unpaired) electrons. The quantitative estimate of drug-likeness (QED) is 0.701. The van der Waals surface area contributed by atoms with Crippen LogP contribution in [0.2, 0.25) is 0 Å². The molecule has 22 heavy (non-hydrogen) atoms. The molecule has 0 saturated carbocycles. The van der Waals surface area contributed by atoms with Gasteiger partial charge < -0.3 is 20.0 Å². The van der Waals surface area contributed by atoms with E-state index in [0.717, 1.165) is 6.20 Å². The van der Waals surface area contributed by atoms with Crippen molar-refractivity contribution in [2.45, 2.75) is 12.8 Å². The second-order valence-corrected chi connectivity index (χ2v) is 5.78. The number of aromatic nitrogens is 1. The highest BCUT2D eigenvalue weighted by molar-refractivity contribution is 14.1. The molecule has 0 spiro atoms. The molecule has 0 aromatic carbocycles. The van der Waals surface area contributed by atoms with Crippen LogP contribution in [-0.4, -0.2) is 52.4 Å². The first-order chi connectivity index (χ1) is 10.3. The zero-order chi connectivity index (χ0) is 16.5. The maximum absolute atomic E-state index is 12.9. The summed E-state index contributed by atoms with van der Waals surface area (Å²) in [6, 6.07) is 0. The standard InChI is InChI=1S/C12H13F3IN3O3/c13-12(14,15)8-5-17-10(7(6-20)9(8)16)18-1-3-19(4-2-18)11(21)22/h5,20H,1-4,6H2,(H,21,22). The van der Waals surface area contributed by atoms with Crippen molar-refractivity contribution in [1.82, 2.24) is 9.88 Å². The van der Waals surface area contributed by atoms with Crippen molar-refractivity contribution in [2.75, 3.05) is 31.1 Å². The van der Waals surface area contributed by atoms with Gasteiger partial charge in [-0.1, -0.05) is 0 Å². The lowest BCUT2D eigenvalue weighted by atomic mass is 10.1. The number of aliphatic hydroxyl groups excluding tert-OH is 1. The predicted molar refractivity (Wildman–Crippen MR) is 79.7 cm³/mol. The van der Waals surface area contributed by atoms with E-state index in [0.29, 0.717) is 13.1 Å². The van der Waals surface area contributed by atoms with Gasteiger partial charge in [-0.3, -0.25) is 0 Å². The number of piperazine rings is 1. The summed E-state index contributed by atoms with van der Waals surface area (Å²) in [5, 5.41) is 18.3. The van der Waals surface area contributed by atoms with E-state index in [4.69, 9.17) is 5.11 Å². The van der Waals surface area contributed by atoms with Crippen molar-refractivity contribution < 1.29 is 28.2 Å². The van der Waals surface area contributed by atoms with Crippen LogP contribution in [0.5, 0.6) is 0 Å². The van der Waals surface area contributed by atoms with Crippen molar-refractivity contribution >= 4 is 34.5 Å². The van der Waals surface area contributed by atoms with E-state index >= 15 is 0 Å². The minimum absolute atomic E-state index is 0.0849. The molecule has 2 N–H and O–H groups in total. The molecule has 1 fully saturated rings. The van der Waals surface area contributed by atoms with Gasteiger partial charge in [0.2, 0.25) is 0 Å². The number of pyridine rings is 1. The summed E-state index contributed by atoms with van der Waals surface area (Å²) in [4.78, 5) is 17.6. The maximum atomic E-state index is 12.9. The number of alkyl halides is 3. The van der Waals surface area contributed by atoms with E-state index in [-0.39, 0.29) is 28.0 Å². The Hall–Kier alpha value is -1.30. The molecule has 0 aliphatic carbocycles. The van der Waals surface area contributed by atoms with Crippen LogP contribution < -0.4 is 4.90 Å². The van der Waals surface area contributed by atoms with E-state index in [1.165, 1.54) is 4.90 Å². The lowest BCUT2D eigenvalue weighted by Gasteiger charge is -2.35. The Kier molecular flexibility index (Phi) is 5.00. The summed E-state index contributed by atoms with van der Waals surface area (Å²) in [7, 11) is 0. The van der Waals surface area contributed by atoms with Crippen LogP contribution in [0.25, 0.3) is 0 Å². The lowest BCUT2D eigenvalue weighted by molar-refractivity contribution is -0.138. The van der Waals surface area contributed by atoms with Crippen LogP contribution in [0.4, 0.5) is 23.8 Å². The fourth-order valence-corrected chi connectivity index (χ4v) is 3.10. The summed E-state index contributed by atoms with van der Waals surface area (Å²) in [5.74, 6) is 0.268. The maximum Gasteiger partial charge on any atom is 0.418 e. The number of aliphatic hydroxyl groups is 1. The molecule has 1 aromatic rings. The van der Waals surface area contributed by atoms with Gasteiger partial charge in [0, 0.05) is 41.5 Å². The zero-order valence-corrected chi connectivity index (χ0v) is 13.4. The molecular weight excluding hydrogens is 418 g/mol. The molecule has 0 atom stereocenters. The molecule has 1 aromatic heterocycles. The second-order valence-electron chi connectivity index (χ2n) is 4.70. The van der Waals surface area contributed by atoms with E-state index in [2.05, 4.69) is 4.98 Å². The molecule has 2 heterocycles. The summed E-state index contributed by atoms with van der Waals surface area (Å²) < 4.78 is 38.5. The number of hydrogen-bond donors (Lipinski definition) is 2. The van der Waals surface area contributed by atoms with Gasteiger partial charge in [0.05, 0.1) is 12.2 Å².